The van der Waals surface area contributed by atoms with Crippen LogP contribution in [0.5, 0.6) is 0 Å². The first-order chi connectivity index (χ1) is 4.66. The molecule has 0 aromatic carbocycles. The monoisotopic (exact) mass is 207 g/mol. The molecule has 0 unspecified atom stereocenters. The fourth-order valence-corrected chi connectivity index (χ4v) is 0. The molecule has 0 atom stereocenters. The quantitative estimate of drug-likeness (QED) is 0.354. The fraction of sp³-hybridized carbons (Fsp3) is 1.00. The minimum absolute atomic E-state index is 1.88. The zero-order valence-electron chi connectivity index (χ0n) is 5.84. The highest BCUT2D eigenvalue weighted by Gasteiger charge is 2.22. The lowest BCUT2D eigenvalue weighted by atomic mass is 11.3. The SMILES string of the molecule is CNC.O=S(=O)(O)S(=O)(=O)O. The Balaban J connectivity index is 0. The van der Waals surface area contributed by atoms with Crippen LogP contribution >= 0.6 is 0 Å². The molecule has 0 aliphatic rings. The maximum atomic E-state index is 9.37. The van der Waals surface area contributed by atoms with Crippen LogP contribution in [0.4, 0.5) is 0 Å². The van der Waals surface area contributed by atoms with Crippen LogP contribution in [0.15, 0.2) is 0 Å². The Bertz CT molecular complexity index is 244. The Hall–Kier alpha value is -0.220. The third-order valence-corrected chi connectivity index (χ3v) is 2.40. The van der Waals surface area contributed by atoms with Crippen molar-refractivity contribution in [2.24, 2.45) is 0 Å². The summed E-state index contributed by atoms with van der Waals surface area (Å²) in [5.74, 6) is 0. The molecule has 0 amide bonds. The molecule has 11 heavy (non-hydrogen) atoms. The average molecular weight is 207 g/mol. The van der Waals surface area contributed by atoms with E-state index in [2.05, 4.69) is 5.32 Å². The molecular formula is C2H9NO6S2. The Labute approximate surface area is 64.3 Å². The summed E-state index contributed by atoms with van der Waals surface area (Å²) >= 11 is 0. The molecule has 70 valence electrons. The summed E-state index contributed by atoms with van der Waals surface area (Å²) in [6, 6.07) is 0. The van der Waals surface area contributed by atoms with Gasteiger partial charge in [-0.25, -0.2) is 0 Å². The molecule has 0 aromatic rings. The van der Waals surface area contributed by atoms with E-state index in [-0.39, 0.29) is 0 Å². The maximum absolute atomic E-state index is 9.37. The van der Waals surface area contributed by atoms with Crippen LogP contribution in [0.25, 0.3) is 0 Å². The van der Waals surface area contributed by atoms with Gasteiger partial charge in [-0.3, -0.25) is 9.11 Å². The van der Waals surface area contributed by atoms with E-state index in [1.165, 1.54) is 0 Å². The van der Waals surface area contributed by atoms with Gasteiger partial charge in [0.25, 0.3) is 0 Å². The average Bonchev–Trinajstić information content (AvgIpc) is 1.60. The van der Waals surface area contributed by atoms with Crippen LogP contribution in [0.1, 0.15) is 0 Å². The van der Waals surface area contributed by atoms with Crippen LogP contribution in [0.2, 0.25) is 0 Å². The van der Waals surface area contributed by atoms with Gasteiger partial charge in [0, 0.05) is 0 Å². The standard InChI is InChI=1S/C2H7N.H2O6S2/c1-3-2;1-7(2,3)8(4,5)6/h3H,1-2H3;(H,1,2,3)(H,4,5,6). The second-order valence-electron chi connectivity index (χ2n) is 1.36. The molecule has 0 aliphatic heterocycles. The van der Waals surface area contributed by atoms with Crippen LogP contribution in [-0.4, -0.2) is 40.0 Å². The topological polar surface area (TPSA) is 121 Å². The summed E-state index contributed by atoms with van der Waals surface area (Å²) in [6.45, 7) is 0. The first-order valence-corrected chi connectivity index (χ1v) is 5.60. The van der Waals surface area contributed by atoms with Crippen LogP contribution < -0.4 is 5.32 Å². The number of hydrogen-bond donors (Lipinski definition) is 3. The number of hydrogen-bond acceptors (Lipinski definition) is 5. The van der Waals surface area contributed by atoms with E-state index in [0.29, 0.717) is 0 Å². The van der Waals surface area contributed by atoms with E-state index in [0.717, 1.165) is 0 Å². The number of nitrogens with one attached hydrogen (secondary N) is 1. The van der Waals surface area contributed by atoms with Gasteiger partial charge in [0.15, 0.2) is 0 Å². The van der Waals surface area contributed by atoms with Gasteiger partial charge in [-0.1, -0.05) is 0 Å². The van der Waals surface area contributed by atoms with Crippen molar-refractivity contribution in [3.8, 4) is 0 Å². The van der Waals surface area contributed by atoms with E-state index >= 15 is 0 Å². The molecule has 0 spiro atoms. The van der Waals surface area contributed by atoms with Crippen molar-refractivity contribution in [1.29, 1.82) is 0 Å². The second kappa shape index (κ2) is 4.62. The molecular weight excluding hydrogens is 198 g/mol. The van der Waals surface area contributed by atoms with Gasteiger partial charge >= 0.3 is 18.3 Å². The summed E-state index contributed by atoms with van der Waals surface area (Å²) in [4.78, 5) is 0. The summed E-state index contributed by atoms with van der Waals surface area (Å²) in [6.07, 6.45) is 0. The van der Waals surface area contributed by atoms with Crippen molar-refractivity contribution < 1.29 is 25.9 Å². The van der Waals surface area contributed by atoms with E-state index in [9.17, 15) is 16.8 Å². The van der Waals surface area contributed by atoms with Gasteiger partial charge in [-0.05, 0) is 14.1 Å². The van der Waals surface area contributed by atoms with Crippen LogP contribution in [-0.2, 0) is 18.3 Å². The van der Waals surface area contributed by atoms with Crippen molar-refractivity contribution in [1.82, 2.24) is 5.32 Å². The minimum atomic E-state index is -5.31. The first-order valence-electron chi connectivity index (χ1n) is 2.20. The van der Waals surface area contributed by atoms with E-state index in [1.54, 1.807) is 0 Å². The summed E-state index contributed by atoms with van der Waals surface area (Å²) < 4.78 is 52.5. The predicted molar refractivity (Wildman–Crippen MR) is 38.1 cm³/mol. The van der Waals surface area contributed by atoms with Gasteiger partial charge in [-0.2, -0.15) is 16.8 Å². The lowest BCUT2D eigenvalue weighted by Crippen LogP contribution is -2.11. The van der Waals surface area contributed by atoms with Crippen molar-refractivity contribution in [2.45, 2.75) is 0 Å². The zero-order valence-corrected chi connectivity index (χ0v) is 7.48. The molecule has 0 saturated heterocycles. The second-order valence-corrected chi connectivity index (χ2v) is 5.59. The molecule has 0 bridgehead atoms. The minimum Gasteiger partial charge on any atom is -0.323 e. The van der Waals surface area contributed by atoms with Crippen molar-refractivity contribution in [3.63, 3.8) is 0 Å². The molecule has 0 saturated carbocycles. The van der Waals surface area contributed by atoms with Crippen LogP contribution in [0.3, 0.4) is 0 Å². The van der Waals surface area contributed by atoms with Gasteiger partial charge in [0.2, 0.25) is 0 Å². The smallest absolute Gasteiger partial charge is 0.323 e. The number of rotatable bonds is 1. The molecule has 0 radical (unpaired) electrons. The predicted octanol–water partition coefficient (Wildman–Crippen LogP) is -1.49. The third kappa shape index (κ3) is 7.68. The summed E-state index contributed by atoms with van der Waals surface area (Å²) in [5, 5.41) is 2.75. The largest absolute Gasteiger partial charge is 0.397 e. The highest BCUT2D eigenvalue weighted by Crippen LogP contribution is 1.90. The first kappa shape index (κ1) is 13.4. The molecule has 0 aliphatic carbocycles. The Kier molecular flexibility index (Phi) is 5.61. The van der Waals surface area contributed by atoms with E-state index < -0.39 is 18.3 Å². The lowest BCUT2D eigenvalue weighted by Gasteiger charge is -1.84. The van der Waals surface area contributed by atoms with Crippen molar-refractivity contribution >= 4 is 18.3 Å². The molecule has 0 aromatic heterocycles. The van der Waals surface area contributed by atoms with Gasteiger partial charge < -0.3 is 5.32 Å². The van der Waals surface area contributed by atoms with Gasteiger partial charge in [0.05, 0.1) is 0 Å². The molecule has 0 rings (SSSR count). The van der Waals surface area contributed by atoms with E-state index in [4.69, 9.17) is 9.11 Å². The lowest BCUT2D eigenvalue weighted by molar-refractivity contribution is 0.460. The zero-order chi connectivity index (χ0) is 9.71. The van der Waals surface area contributed by atoms with Crippen molar-refractivity contribution in [2.75, 3.05) is 14.1 Å². The Morgan fingerprint density at radius 2 is 1.00 bits per heavy atom. The normalized spacial score (nSPS) is 11.6. The maximum Gasteiger partial charge on any atom is 0.397 e. The Morgan fingerprint density at radius 3 is 1.00 bits per heavy atom. The molecule has 9 heteroatoms. The molecule has 0 heterocycles. The molecule has 3 N–H and O–H groups in total. The Morgan fingerprint density at radius 1 is 0.909 bits per heavy atom. The van der Waals surface area contributed by atoms with Gasteiger partial charge in [0.1, 0.15) is 0 Å². The summed E-state index contributed by atoms with van der Waals surface area (Å²) in [7, 11) is -6.87. The molecule has 0 fully saturated rings. The van der Waals surface area contributed by atoms with E-state index in [1.807, 2.05) is 14.1 Å². The van der Waals surface area contributed by atoms with Crippen molar-refractivity contribution in [3.05, 3.63) is 0 Å². The highest BCUT2D eigenvalue weighted by atomic mass is 33.2. The third-order valence-electron chi connectivity index (χ3n) is 0.266. The highest BCUT2D eigenvalue weighted by molar-refractivity contribution is 8.62. The molecule has 7 nitrogen and oxygen atoms in total. The van der Waals surface area contributed by atoms with Crippen LogP contribution in [0, 0.1) is 0 Å². The fourth-order valence-electron chi connectivity index (χ4n) is 0. The van der Waals surface area contributed by atoms with Gasteiger partial charge in [-0.15, -0.1) is 0 Å². The summed E-state index contributed by atoms with van der Waals surface area (Å²) in [5.41, 5.74) is 0.